The summed E-state index contributed by atoms with van der Waals surface area (Å²) in [5, 5.41) is 3.24. The average molecular weight is 657 g/mol. The average Bonchev–Trinajstić information content (AvgIpc) is 2.93. The van der Waals surface area contributed by atoms with E-state index in [1.165, 1.54) is 28.6 Å². The van der Waals surface area contributed by atoms with E-state index < -0.39 is 32.5 Å². The number of carbonyl (C=O) groups excluding carboxylic acids is 1. The van der Waals surface area contributed by atoms with E-state index >= 15 is 0 Å². The molecule has 0 unspecified atom stereocenters. The summed E-state index contributed by atoms with van der Waals surface area (Å²) in [4.78, 5) is 13.1. The number of carbonyl (C=O) groups is 1. The van der Waals surface area contributed by atoms with E-state index in [0.717, 1.165) is 8.78 Å². The first kappa shape index (κ1) is 29.7. The molecular weight excluding hydrogens is 630 g/mol. The molecule has 0 spiro atoms. The second-order valence-electron chi connectivity index (χ2n) is 8.79. The fourth-order valence-corrected chi connectivity index (χ4v) is 7.09. The van der Waals surface area contributed by atoms with Crippen LogP contribution in [0.25, 0.3) is 0 Å². The molecule has 4 rings (SSSR count). The van der Waals surface area contributed by atoms with Gasteiger partial charge in [0.25, 0.3) is 0 Å². The van der Waals surface area contributed by atoms with Crippen molar-refractivity contribution in [3.05, 3.63) is 93.4 Å². The maximum absolute atomic E-state index is 13.4. The number of morpholine rings is 1. The van der Waals surface area contributed by atoms with Crippen LogP contribution in [0.4, 0.5) is 0 Å². The highest BCUT2D eigenvalue weighted by Crippen LogP contribution is 2.22. The van der Waals surface area contributed by atoms with Gasteiger partial charge in [0.1, 0.15) is 0 Å². The molecule has 1 saturated heterocycles. The molecule has 1 amide bonds. The van der Waals surface area contributed by atoms with E-state index in [1.54, 1.807) is 48.5 Å². The number of amides is 1. The number of benzene rings is 3. The van der Waals surface area contributed by atoms with Gasteiger partial charge in [-0.05, 0) is 59.7 Å². The number of sulfonamides is 2. The van der Waals surface area contributed by atoms with Gasteiger partial charge in [0, 0.05) is 35.7 Å². The molecule has 3 aromatic rings. The largest absolute Gasteiger partial charge is 0.379 e. The minimum absolute atomic E-state index is 0.0307. The molecular formula is C26H27BrClN3O6S2. The normalized spacial score (nSPS) is 14.8. The predicted molar refractivity (Wildman–Crippen MR) is 151 cm³/mol. The molecule has 0 radical (unpaired) electrons. The van der Waals surface area contributed by atoms with Crippen molar-refractivity contribution in [2.75, 3.05) is 32.8 Å². The zero-order valence-corrected chi connectivity index (χ0v) is 24.8. The number of halogens is 2. The predicted octanol–water partition coefficient (Wildman–Crippen LogP) is 3.63. The third-order valence-corrected chi connectivity index (χ3v) is 10.6. The first-order valence-corrected chi connectivity index (χ1v) is 16.0. The van der Waals surface area contributed by atoms with Crippen molar-refractivity contribution >= 4 is 53.5 Å². The topological polar surface area (TPSA) is 113 Å². The van der Waals surface area contributed by atoms with Crippen molar-refractivity contribution < 1.29 is 26.4 Å². The molecule has 1 fully saturated rings. The van der Waals surface area contributed by atoms with Gasteiger partial charge in [-0.2, -0.15) is 8.61 Å². The van der Waals surface area contributed by atoms with Crippen LogP contribution in [0.2, 0.25) is 5.02 Å². The summed E-state index contributed by atoms with van der Waals surface area (Å²) in [6.45, 7) is 0.975. The molecule has 1 N–H and O–H groups in total. The summed E-state index contributed by atoms with van der Waals surface area (Å²) in [5.74, 6) is -0.505. The highest BCUT2D eigenvalue weighted by Gasteiger charge is 2.28. The number of hydrogen-bond donors (Lipinski definition) is 1. The number of ether oxygens (including phenoxy) is 1. The smallest absolute Gasteiger partial charge is 0.243 e. The highest BCUT2D eigenvalue weighted by atomic mass is 79.9. The van der Waals surface area contributed by atoms with Gasteiger partial charge in [0.2, 0.25) is 26.0 Å². The lowest BCUT2D eigenvalue weighted by molar-refractivity contribution is -0.121. The number of nitrogens with one attached hydrogen (secondary N) is 1. The molecule has 1 aliphatic rings. The number of nitrogens with zero attached hydrogens (tertiary/aromatic N) is 2. The van der Waals surface area contributed by atoms with Crippen LogP contribution in [-0.4, -0.2) is 64.2 Å². The van der Waals surface area contributed by atoms with Gasteiger partial charge < -0.3 is 10.1 Å². The quantitative estimate of drug-likeness (QED) is 0.357. The van der Waals surface area contributed by atoms with Crippen molar-refractivity contribution in [1.82, 2.24) is 13.9 Å². The van der Waals surface area contributed by atoms with Gasteiger partial charge in [-0.15, -0.1) is 0 Å². The molecule has 0 aromatic heterocycles. The van der Waals surface area contributed by atoms with Crippen LogP contribution in [0.15, 0.2) is 87.1 Å². The lowest BCUT2D eigenvalue weighted by Gasteiger charge is -2.26. The minimum atomic E-state index is -4.00. The molecule has 13 heteroatoms. The molecule has 208 valence electrons. The molecule has 3 aromatic carbocycles. The van der Waals surface area contributed by atoms with Gasteiger partial charge in [-0.3, -0.25) is 4.79 Å². The van der Waals surface area contributed by atoms with Crippen LogP contribution < -0.4 is 5.32 Å². The van der Waals surface area contributed by atoms with E-state index in [9.17, 15) is 21.6 Å². The third kappa shape index (κ3) is 7.66. The highest BCUT2D eigenvalue weighted by molar-refractivity contribution is 9.10. The minimum Gasteiger partial charge on any atom is -0.379 e. The fraction of sp³-hybridized carbons (Fsp3) is 0.269. The van der Waals surface area contributed by atoms with E-state index in [4.69, 9.17) is 16.3 Å². The van der Waals surface area contributed by atoms with Gasteiger partial charge >= 0.3 is 0 Å². The first-order valence-electron chi connectivity index (χ1n) is 12.0. The number of rotatable bonds is 10. The Balaban J connectivity index is 1.44. The summed E-state index contributed by atoms with van der Waals surface area (Å²) in [6.07, 6.45) is 0. The Hall–Kier alpha value is -2.32. The Labute approximate surface area is 241 Å². The number of hydrogen-bond acceptors (Lipinski definition) is 6. The zero-order valence-electron chi connectivity index (χ0n) is 20.8. The molecule has 0 aliphatic carbocycles. The molecule has 0 bridgehead atoms. The summed E-state index contributed by atoms with van der Waals surface area (Å²) in [6, 6.07) is 19.1. The van der Waals surface area contributed by atoms with Crippen LogP contribution in [0.3, 0.4) is 0 Å². The van der Waals surface area contributed by atoms with Crippen molar-refractivity contribution in [3.63, 3.8) is 0 Å². The third-order valence-electron chi connectivity index (χ3n) is 6.06. The van der Waals surface area contributed by atoms with E-state index in [-0.39, 0.29) is 22.9 Å². The van der Waals surface area contributed by atoms with Crippen molar-refractivity contribution in [2.24, 2.45) is 0 Å². The van der Waals surface area contributed by atoms with Crippen molar-refractivity contribution in [2.45, 2.75) is 22.9 Å². The summed E-state index contributed by atoms with van der Waals surface area (Å²) in [5.41, 5.74) is 1.34. The summed E-state index contributed by atoms with van der Waals surface area (Å²) in [7, 11) is -7.62. The molecule has 39 heavy (non-hydrogen) atoms. The van der Waals surface area contributed by atoms with Crippen LogP contribution in [0.1, 0.15) is 11.1 Å². The summed E-state index contributed by atoms with van der Waals surface area (Å²) >= 11 is 9.27. The Morgan fingerprint density at radius 2 is 1.44 bits per heavy atom. The molecule has 0 atom stereocenters. The van der Waals surface area contributed by atoms with Crippen LogP contribution in [-0.2, 0) is 42.7 Å². The Morgan fingerprint density at radius 3 is 2.05 bits per heavy atom. The van der Waals surface area contributed by atoms with Gasteiger partial charge in [0.15, 0.2) is 0 Å². The van der Waals surface area contributed by atoms with Crippen LogP contribution in [0.5, 0.6) is 0 Å². The van der Waals surface area contributed by atoms with Crippen molar-refractivity contribution in [3.8, 4) is 0 Å². The SMILES string of the molecule is O=C(CN(Cc1ccc(Cl)cc1)S(=O)(=O)c1ccc(Br)cc1)NCc1ccc(S(=O)(=O)N2CCOCC2)cc1. The van der Waals surface area contributed by atoms with Crippen LogP contribution >= 0.6 is 27.5 Å². The van der Waals surface area contributed by atoms with E-state index in [2.05, 4.69) is 21.2 Å². The molecule has 1 aliphatic heterocycles. The second-order valence-corrected chi connectivity index (χ2v) is 14.0. The van der Waals surface area contributed by atoms with Crippen molar-refractivity contribution in [1.29, 1.82) is 0 Å². The van der Waals surface area contributed by atoms with E-state index in [1.807, 2.05) is 0 Å². The Kier molecular flexibility index (Phi) is 9.81. The Morgan fingerprint density at radius 1 is 0.872 bits per heavy atom. The standard InChI is InChI=1S/C26H27BrClN3O6S2/c27-22-5-11-25(12-6-22)39(35,36)31(18-21-1-7-23(28)8-2-21)19-26(32)29-17-20-3-9-24(10-4-20)38(33,34)30-13-15-37-16-14-30/h1-12H,13-19H2,(H,29,32). The first-order chi connectivity index (χ1) is 18.6. The molecule has 0 saturated carbocycles. The second kappa shape index (κ2) is 12.9. The molecule has 9 nitrogen and oxygen atoms in total. The zero-order chi connectivity index (χ0) is 28.0. The summed E-state index contributed by atoms with van der Waals surface area (Å²) < 4.78 is 60.9. The van der Waals surface area contributed by atoms with Gasteiger partial charge in [-0.25, -0.2) is 16.8 Å². The maximum Gasteiger partial charge on any atom is 0.243 e. The van der Waals surface area contributed by atoms with Gasteiger partial charge in [0.05, 0.1) is 29.5 Å². The lowest BCUT2D eigenvalue weighted by atomic mass is 10.2. The lowest BCUT2D eigenvalue weighted by Crippen LogP contribution is -2.40. The fourth-order valence-electron chi connectivity index (χ4n) is 3.91. The molecule has 1 heterocycles. The maximum atomic E-state index is 13.4. The monoisotopic (exact) mass is 655 g/mol. The van der Waals surface area contributed by atoms with Gasteiger partial charge in [-0.1, -0.05) is 51.8 Å². The van der Waals surface area contributed by atoms with E-state index in [0.29, 0.717) is 42.5 Å². The Bertz CT molecular complexity index is 1490. The van der Waals surface area contributed by atoms with Crippen LogP contribution in [0, 0.1) is 0 Å².